The summed E-state index contributed by atoms with van der Waals surface area (Å²) in [6.45, 7) is 1.63. The Balaban J connectivity index is 2.29. The standard InChI is InChI=1S/C14H15FN2OS/c1-9(16)14(18)17-13(12-3-2-8-19-12)10-4-6-11(15)7-5-10/h2-9,13H,16H2,1H3,(H,17,18). The van der Waals surface area contributed by atoms with Gasteiger partial charge in [-0.2, -0.15) is 0 Å². The second-order valence-electron chi connectivity index (χ2n) is 4.30. The first-order valence-corrected chi connectivity index (χ1v) is 6.80. The van der Waals surface area contributed by atoms with Gasteiger partial charge in [-0.3, -0.25) is 4.79 Å². The molecule has 5 heteroatoms. The summed E-state index contributed by atoms with van der Waals surface area (Å²) in [6, 6.07) is 9.07. The zero-order valence-electron chi connectivity index (χ0n) is 10.5. The van der Waals surface area contributed by atoms with Crippen LogP contribution in [0.5, 0.6) is 0 Å². The first-order chi connectivity index (χ1) is 9.08. The van der Waals surface area contributed by atoms with Crippen LogP contribution in [0, 0.1) is 5.82 Å². The average molecular weight is 278 g/mol. The Labute approximate surface area is 115 Å². The summed E-state index contributed by atoms with van der Waals surface area (Å²) in [5.74, 6) is -0.532. The highest BCUT2D eigenvalue weighted by Crippen LogP contribution is 2.26. The van der Waals surface area contributed by atoms with Gasteiger partial charge in [-0.25, -0.2) is 4.39 Å². The molecule has 19 heavy (non-hydrogen) atoms. The number of nitrogens with one attached hydrogen (secondary N) is 1. The van der Waals surface area contributed by atoms with Gasteiger partial charge in [0.05, 0.1) is 12.1 Å². The lowest BCUT2D eigenvalue weighted by Crippen LogP contribution is -2.40. The topological polar surface area (TPSA) is 55.1 Å². The molecule has 100 valence electrons. The van der Waals surface area contributed by atoms with Crippen molar-refractivity contribution in [1.82, 2.24) is 5.32 Å². The van der Waals surface area contributed by atoms with E-state index < -0.39 is 6.04 Å². The molecule has 2 unspecified atom stereocenters. The molecule has 2 aromatic rings. The molecule has 1 aromatic carbocycles. The molecule has 2 rings (SSSR count). The van der Waals surface area contributed by atoms with E-state index in [1.165, 1.54) is 23.5 Å². The van der Waals surface area contributed by atoms with Crippen LogP contribution in [0.2, 0.25) is 0 Å². The molecule has 0 aliphatic heterocycles. The first kappa shape index (κ1) is 13.7. The Hall–Kier alpha value is -1.72. The lowest BCUT2D eigenvalue weighted by Gasteiger charge is -2.19. The van der Waals surface area contributed by atoms with Crippen molar-refractivity contribution in [3.05, 3.63) is 58.0 Å². The van der Waals surface area contributed by atoms with Gasteiger partial charge in [-0.15, -0.1) is 11.3 Å². The summed E-state index contributed by atoms with van der Waals surface area (Å²) in [5, 5.41) is 4.81. The summed E-state index contributed by atoms with van der Waals surface area (Å²) >= 11 is 1.53. The monoisotopic (exact) mass is 278 g/mol. The Morgan fingerprint density at radius 2 is 2.00 bits per heavy atom. The quantitative estimate of drug-likeness (QED) is 0.902. The molecule has 0 fully saturated rings. The van der Waals surface area contributed by atoms with E-state index in [0.29, 0.717) is 0 Å². The third-order valence-electron chi connectivity index (χ3n) is 2.73. The first-order valence-electron chi connectivity index (χ1n) is 5.93. The van der Waals surface area contributed by atoms with E-state index in [1.807, 2.05) is 17.5 Å². The summed E-state index contributed by atoms with van der Waals surface area (Å²) in [4.78, 5) is 12.8. The second kappa shape index (κ2) is 5.95. The van der Waals surface area contributed by atoms with Crippen LogP contribution >= 0.6 is 11.3 Å². The van der Waals surface area contributed by atoms with Crippen LogP contribution in [0.25, 0.3) is 0 Å². The van der Waals surface area contributed by atoms with Crippen molar-refractivity contribution in [3.63, 3.8) is 0 Å². The van der Waals surface area contributed by atoms with Gasteiger partial charge in [0.2, 0.25) is 5.91 Å². The van der Waals surface area contributed by atoms with Crippen molar-refractivity contribution in [2.45, 2.75) is 19.0 Å². The van der Waals surface area contributed by atoms with Crippen LogP contribution in [0.4, 0.5) is 4.39 Å². The normalized spacial score (nSPS) is 13.8. The maximum atomic E-state index is 13.0. The van der Waals surface area contributed by atoms with Crippen molar-refractivity contribution >= 4 is 17.2 Å². The fourth-order valence-electron chi connectivity index (χ4n) is 1.70. The lowest BCUT2D eigenvalue weighted by molar-refractivity contribution is -0.122. The van der Waals surface area contributed by atoms with Gasteiger partial charge in [0.25, 0.3) is 0 Å². The summed E-state index contributed by atoms with van der Waals surface area (Å²) in [6.07, 6.45) is 0. The number of halogens is 1. The molecule has 0 spiro atoms. The Bertz CT molecular complexity index is 537. The van der Waals surface area contributed by atoms with Gasteiger partial charge in [0.1, 0.15) is 5.82 Å². The molecule has 0 bridgehead atoms. The Morgan fingerprint density at radius 3 is 2.53 bits per heavy atom. The Kier molecular flexibility index (Phi) is 4.29. The van der Waals surface area contributed by atoms with Gasteiger partial charge in [0.15, 0.2) is 0 Å². The fraction of sp³-hybridized carbons (Fsp3) is 0.214. The van der Waals surface area contributed by atoms with E-state index in [-0.39, 0.29) is 17.8 Å². The number of rotatable bonds is 4. The Morgan fingerprint density at radius 1 is 1.32 bits per heavy atom. The lowest BCUT2D eigenvalue weighted by atomic mass is 10.0. The number of amides is 1. The molecule has 0 saturated carbocycles. The number of carbonyl (C=O) groups excluding carboxylic acids is 1. The van der Waals surface area contributed by atoms with Crippen LogP contribution in [-0.2, 0) is 4.79 Å². The van der Waals surface area contributed by atoms with Crippen LogP contribution in [-0.4, -0.2) is 11.9 Å². The SMILES string of the molecule is CC(N)C(=O)NC(c1ccc(F)cc1)c1cccs1. The largest absolute Gasteiger partial charge is 0.343 e. The molecular weight excluding hydrogens is 263 g/mol. The highest BCUT2D eigenvalue weighted by Gasteiger charge is 2.19. The minimum Gasteiger partial charge on any atom is -0.343 e. The van der Waals surface area contributed by atoms with E-state index in [4.69, 9.17) is 5.73 Å². The van der Waals surface area contributed by atoms with Crippen molar-refractivity contribution in [1.29, 1.82) is 0 Å². The molecule has 0 radical (unpaired) electrons. The number of carbonyl (C=O) groups is 1. The molecule has 3 N–H and O–H groups in total. The summed E-state index contributed by atoms with van der Waals surface area (Å²) in [7, 11) is 0. The summed E-state index contributed by atoms with van der Waals surface area (Å²) < 4.78 is 13.0. The molecule has 1 amide bonds. The van der Waals surface area contributed by atoms with Gasteiger partial charge >= 0.3 is 0 Å². The van der Waals surface area contributed by atoms with E-state index in [9.17, 15) is 9.18 Å². The van der Waals surface area contributed by atoms with Gasteiger partial charge in [-0.1, -0.05) is 18.2 Å². The highest BCUT2D eigenvalue weighted by molar-refractivity contribution is 7.10. The summed E-state index contributed by atoms with van der Waals surface area (Å²) in [5.41, 5.74) is 6.40. The predicted octanol–water partition coefficient (Wildman–Crippen LogP) is 2.44. The molecule has 2 atom stereocenters. The number of nitrogens with two attached hydrogens (primary N) is 1. The molecule has 0 saturated heterocycles. The van der Waals surface area contributed by atoms with Crippen LogP contribution in [0.1, 0.15) is 23.4 Å². The number of thiophene rings is 1. The van der Waals surface area contributed by atoms with Gasteiger partial charge in [-0.05, 0) is 36.1 Å². The third-order valence-corrected chi connectivity index (χ3v) is 3.67. The number of hydrogen-bond acceptors (Lipinski definition) is 3. The molecule has 1 aromatic heterocycles. The van der Waals surface area contributed by atoms with Crippen LogP contribution < -0.4 is 11.1 Å². The van der Waals surface area contributed by atoms with E-state index >= 15 is 0 Å². The molecule has 0 aliphatic rings. The maximum Gasteiger partial charge on any atom is 0.237 e. The molecule has 0 aliphatic carbocycles. The van der Waals surface area contributed by atoms with Crippen molar-refractivity contribution in [2.75, 3.05) is 0 Å². The van der Waals surface area contributed by atoms with Crippen molar-refractivity contribution in [3.8, 4) is 0 Å². The van der Waals surface area contributed by atoms with E-state index in [1.54, 1.807) is 19.1 Å². The van der Waals surface area contributed by atoms with Crippen molar-refractivity contribution in [2.24, 2.45) is 5.73 Å². The van der Waals surface area contributed by atoms with Crippen LogP contribution in [0.15, 0.2) is 41.8 Å². The molecular formula is C14H15FN2OS. The van der Waals surface area contributed by atoms with Crippen LogP contribution in [0.3, 0.4) is 0 Å². The zero-order chi connectivity index (χ0) is 13.8. The maximum absolute atomic E-state index is 13.0. The smallest absolute Gasteiger partial charge is 0.237 e. The predicted molar refractivity (Wildman–Crippen MR) is 74.4 cm³/mol. The zero-order valence-corrected chi connectivity index (χ0v) is 11.3. The highest BCUT2D eigenvalue weighted by atomic mass is 32.1. The minimum absolute atomic E-state index is 0.234. The second-order valence-corrected chi connectivity index (χ2v) is 5.28. The fourth-order valence-corrected chi connectivity index (χ4v) is 2.51. The molecule has 1 heterocycles. The number of hydrogen-bond donors (Lipinski definition) is 2. The van der Waals surface area contributed by atoms with E-state index in [0.717, 1.165) is 10.4 Å². The average Bonchev–Trinajstić information content (AvgIpc) is 2.90. The molecule has 3 nitrogen and oxygen atoms in total. The minimum atomic E-state index is -0.581. The van der Waals surface area contributed by atoms with Gasteiger partial charge < -0.3 is 11.1 Å². The van der Waals surface area contributed by atoms with Crippen molar-refractivity contribution < 1.29 is 9.18 Å². The van der Waals surface area contributed by atoms with E-state index in [2.05, 4.69) is 5.32 Å². The van der Waals surface area contributed by atoms with Gasteiger partial charge in [0, 0.05) is 4.88 Å². The number of benzene rings is 1. The third kappa shape index (κ3) is 3.39.